The van der Waals surface area contributed by atoms with E-state index in [1.807, 2.05) is 24.0 Å². The Morgan fingerprint density at radius 1 is 1.44 bits per heavy atom. The molecule has 1 N–H and O–H groups in total. The van der Waals surface area contributed by atoms with Gasteiger partial charge in [0.05, 0.1) is 0 Å². The highest BCUT2D eigenvalue weighted by Gasteiger charge is 2.14. The fourth-order valence-corrected chi connectivity index (χ4v) is 2.79. The molecule has 88 valence electrons. The van der Waals surface area contributed by atoms with Gasteiger partial charge in [-0.2, -0.15) is 11.8 Å². The van der Waals surface area contributed by atoms with Gasteiger partial charge in [-0.25, -0.2) is 4.98 Å². The summed E-state index contributed by atoms with van der Waals surface area (Å²) in [7, 11) is 0. The van der Waals surface area contributed by atoms with Crippen LogP contribution >= 0.6 is 11.8 Å². The largest absolute Gasteiger partial charge is 0.355 e. The highest BCUT2D eigenvalue weighted by molar-refractivity contribution is 7.99. The van der Waals surface area contributed by atoms with Crippen LogP contribution in [0.4, 0.5) is 5.82 Å². The lowest BCUT2D eigenvalue weighted by atomic mass is 10.2. The smallest absolute Gasteiger partial charge is 0.133 e. The summed E-state index contributed by atoms with van der Waals surface area (Å²) in [5, 5.41) is 3.37. The number of nitrogens with zero attached hydrogens (tertiary/aromatic N) is 2. The van der Waals surface area contributed by atoms with Gasteiger partial charge in [0.1, 0.15) is 5.82 Å². The monoisotopic (exact) mass is 237 g/mol. The minimum Gasteiger partial charge on any atom is -0.355 e. The molecule has 0 amide bonds. The zero-order valence-corrected chi connectivity index (χ0v) is 10.6. The van der Waals surface area contributed by atoms with E-state index in [1.165, 1.54) is 22.9 Å². The van der Waals surface area contributed by atoms with Gasteiger partial charge in [0.2, 0.25) is 0 Å². The van der Waals surface area contributed by atoms with Crippen LogP contribution in [0.25, 0.3) is 0 Å². The summed E-state index contributed by atoms with van der Waals surface area (Å²) in [5.41, 5.74) is 1.32. The first kappa shape index (κ1) is 11.7. The number of hydrogen-bond acceptors (Lipinski definition) is 4. The van der Waals surface area contributed by atoms with Crippen molar-refractivity contribution in [1.82, 2.24) is 10.3 Å². The van der Waals surface area contributed by atoms with Gasteiger partial charge in [0, 0.05) is 42.9 Å². The van der Waals surface area contributed by atoms with E-state index in [1.54, 1.807) is 0 Å². The summed E-state index contributed by atoms with van der Waals surface area (Å²) in [6, 6.07) is 4.20. The second-order valence-corrected chi connectivity index (χ2v) is 5.09. The predicted molar refractivity (Wildman–Crippen MR) is 71.2 cm³/mol. The molecule has 1 fully saturated rings. The highest BCUT2D eigenvalue weighted by atomic mass is 32.2. The van der Waals surface area contributed by atoms with E-state index in [0.717, 1.165) is 26.2 Å². The number of thioether (sulfide) groups is 1. The molecule has 2 heterocycles. The molecule has 1 saturated heterocycles. The highest BCUT2D eigenvalue weighted by Crippen LogP contribution is 2.20. The van der Waals surface area contributed by atoms with Crippen LogP contribution in [0.2, 0.25) is 0 Å². The SMILES string of the molecule is CCNCc1cccnc1N1CCSCC1. The first-order valence-corrected chi connectivity index (χ1v) is 7.04. The summed E-state index contributed by atoms with van der Waals surface area (Å²) < 4.78 is 0. The summed E-state index contributed by atoms with van der Waals surface area (Å²) in [5.74, 6) is 3.61. The molecule has 0 aromatic carbocycles. The summed E-state index contributed by atoms with van der Waals surface area (Å²) in [4.78, 5) is 6.94. The Morgan fingerprint density at radius 2 is 2.25 bits per heavy atom. The Labute approximate surface area is 102 Å². The lowest BCUT2D eigenvalue weighted by Gasteiger charge is -2.29. The second-order valence-electron chi connectivity index (χ2n) is 3.87. The number of aromatic nitrogens is 1. The topological polar surface area (TPSA) is 28.2 Å². The van der Waals surface area contributed by atoms with Gasteiger partial charge in [-0.3, -0.25) is 0 Å². The molecule has 0 spiro atoms. The van der Waals surface area contributed by atoms with Crippen LogP contribution in [0.3, 0.4) is 0 Å². The zero-order valence-electron chi connectivity index (χ0n) is 9.78. The molecule has 1 aromatic heterocycles. The van der Waals surface area contributed by atoms with E-state index in [2.05, 4.69) is 28.2 Å². The van der Waals surface area contributed by atoms with E-state index in [0.29, 0.717) is 0 Å². The molecular formula is C12H19N3S. The maximum absolute atomic E-state index is 4.53. The van der Waals surface area contributed by atoms with Crippen LogP contribution in [0.1, 0.15) is 12.5 Å². The average Bonchev–Trinajstić information content (AvgIpc) is 2.38. The van der Waals surface area contributed by atoms with Crippen LogP contribution in [0.5, 0.6) is 0 Å². The Kier molecular flexibility index (Phi) is 4.48. The molecule has 0 radical (unpaired) electrons. The molecule has 1 aliphatic heterocycles. The van der Waals surface area contributed by atoms with E-state index in [9.17, 15) is 0 Å². The van der Waals surface area contributed by atoms with Crippen LogP contribution < -0.4 is 10.2 Å². The maximum Gasteiger partial charge on any atom is 0.133 e. The molecule has 2 rings (SSSR count). The Bertz CT molecular complexity index is 324. The Balaban J connectivity index is 2.11. The normalized spacial score (nSPS) is 16.4. The molecule has 0 atom stereocenters. The van der Waals surface area contributed by atoms with Crippen LogP contribution in [-0.2, 0) is 6.54 Å². The molecule has 0 saturated carbocycles. The molecule has 0 aliphatic carbocycles. The fraction of sp³-hybridized carbons (Fsp3) is 0.583. The Morgan fingerprint density at radius 3 is 3.00 bits per heavy atom. The zero-order chi connectivity index (χ0) is 11.2. The number of nitrogens with one attached hydrogen (secondary N) is 1. The molecule has 0 bridgehead atoms. The van der Waals surface area contributed by atoms with E-state index >= 15 is 0 Å². The van der Waals surface area contributed by atoms with E-state index < -0.39 is 0 Å². The van der Waals surface area contributed by atoms with Crippen molar-refractivity contribution >= 4 is 17.6 Å². The molecule has 1 aromatic rings. The summed E-state index contributed by atoms with van der Waals surface area (Å²) in [6.07, 6.45) is 1.90. The van der Waals surface area contributed by atoms with Gasteiger partial charge in [-0.1, -0.05) is 13.0 Å². The number of pyridine rings is 1. The van der Waals surface area contributed by atoms with Gasteiger partial charge in [0.25, 0.3) is 0 Å². The fourth-order valence-electron chi connectivity index (χ4n) is 1.89. The van der Waals surface area contributed by atoms with Crippen LogP contribution in [0.15, 0.2) is 18.3 Å². The quantitative estimate of drug-likeness (QED) is 0.863. The first-order chi connectivity index (χ1) is 7.92. The van der Waals surface area contributed by atoms with Gasteiger partial charge in [0.15, 0.2) is 0 Å². The molecular weight excluding hydrogens is 218 g/mol. The number of anilines is 1. The van der Waals surface area contributed by atoms with Crippen molar-refractivity contribution in [1.29, 1.82) is 0 Å². The third kappa shape index (κ3) is 2.89. The second kappa shape index (κ2) is 6.11. The lowest BCUT2D eigenvalue weighted by Crippen LogP contribution is -2.34. The first-order valence-electron chi connectivity index (χ1n) is 5.89. The minimum atomic E-state index is 0.920. The third-order valence-corrected chi connectivity index (χ3v) is 3.69. The van der Waals surface area contributed by atoms with E-state index in [4.69, 9.17) is 0 Å². The molecule has 1 aliphatic rings. The van der Waals surface area contributed by atoms with Gasteiger partial charge in [-0.05, 0) is 12.6 Å². The molecule has 4 heteroatoms. The lowest BCUT2D eigenvalue weighted by molar-refractivity contribution is 0.716. The van der Waals surface area contributed by atoms with Gasteiger partial charge < -0.3 is 10.2 Å². The molecule has 16 heavy (non-hydrogen) atoms. The number of rotatable bonds is 4. The summed E-state index contributed by atoms with van der Waals surface area (Å²) in [6.45, 7) is 6.31. The van der Waals surface area contributed by atoms with Crippen molar-refractivity contribution in [2.24, 2.45) is 0 Å². The maximum atomic E-state index is 4.53. The van der Waals surface area contributed by atoms with Crippen molar-refractivity contribution in [3.8, 4) is 0 Å². The third-order valence-electron chi connectivity index (χ3n) is 2.74. The van der Waals surface area contributed by atoms with Gasteiger partial charge in [-0.15, -0.1) is 0 Å². The van der Waals surface area contributed by atoms with Crippen LogP contribution in [0, 0.1) is 0 Å². The molecule has 0 unspecified atom stereocenters. The molecule has 3 nitrogen and oxygen atoms in total. The minimum absolute atomic E-state index is 0.920. The predicted octanol–water partition coefficient (Wildman–Crippen LogP) is 1.74. The Hall–Kier alpha value is -0.740. The van der Waals surface area contributed by atoms with Crippen molar-refractivity contribution in [3.05, 3.63) is 23.9 Å². The van der Waals surface area contributed by atoms with E-state index in [-0.39, 0.29) is 0 Å². The summed E-state index contributed by atoms with van der Waals surface area (Å²) >= 11 is 2.03. The standard InChI is InChI=1S/C12H19N3S/c1-2-13-10-11-4-3-5-14-12(11)15-6-8-16-9-7-15/h3-5,13H,2,6-10H2,1H3. The van der Waals surface area contributed by atoms with Crippen molar-refractivity contribution < 1.29 is 0 Å². The average molecular weight is 237 g/mol. The number of hydrogen-bond donors (Lipinski definition) is 1. The van der Waals surface area contributed by atoms with Crippen molar-refractivity contribution in [2.45, 2.75) is 13.5 Å². The van der Waals surface area contributed by atoms with Crippen molar-refractivity contribution in [3.63, 3.8) is 0 Å². The van der Waals surface area contributed by atoms with Crippen molar-refractivity contribution in [2.75, 3.05) is 36.0 Å². The van der Waals surface area contributed by atoms with Crippen LogP contribution in [-0.4, -0.2) is 36.1 Å². The van der Waals surface area contributed by atoms with Gasteiger partial charge >= 0.3 is 0 Å².